The van der Waals surface area contributed by atoms with Crippen LogP contribution >= 0.6 is 15.9 Å². The maximum Gasteiger partial charge on any atom is 0.144 e. The van der Waals surface area contributed by atoms with Gasteiger partial charge in [-0.2, -0.15) is 0 Å². The Morgan fingerprint density at radius 3 is 2.75 bits per heavy atom. The van der Waals surface area contributed by atoms with Crippen molar-refractivity contribution in [3.8, 4) is 0 Å². The van der Waals surface area contributed by atoms with Crippen molar-refractivity contribution in [1.29, 1.82) is 0 Å². The zero-order valence-electron chi connectivity index (χ0n) is 9.29. The standard InChI is InChI=1S/C13H13BrN2/c1-9-4-3-5-11(8-9)16-13-12(14)10(2)6-7-15-13/h3-8H,1-2H3,(H,15,16). The molecule has 0 unspecified atom stereocenters. The van der Waals surface area contributed by atoms with Crippen LogP contribution in [0.5, 0.6) is 0 Å². The first-order valence-corrected chi connectivity index (χ1v) is 5.91. The van der Waals surface area contributed by atoms with E-state index in [-0.39, 0.29) is 0 Å². The van der Waals surface area contributed by atoms with E-state index in [1.807, 2.05) is 25.1 Å². The number of aryl methyl sites for hydroxylation is 2. The highest BCUT2D eigenvalue weighted by Crippen LogP contribution is 2.26. The molecule has 3 heteroatoms. The van der Waals surface area contributed by atoms with Crippen molar-refractivity contribution in [1.82, 2.24) is 4.98 Å². The zero-order valence-corrected chi connectivity index (χ0v) is 10.9. The van der Waals surface area contributed by atoms with Crippen LogP contribution in [0.4, 0.5) is 11.5 Å². The second kappa shape index (κ2) is 4.66. The van der Waals surface area contributed by atoms with Crippen LogP contribution in [0.15, 0.2) is 41.0 Å². The molecule has 0 atom stereocenters. The van der Waals surface area contributed by atoms with E-state index in [1.165, 1.54) is 11.1 Å². The van der Waals surface area contributed by atoms with Crippen molar-refractivity contribution in [2.45, 2.75) is 13.8 Å². The van der Waals surface area contributed by atoms with Gasteiger partial charge in [0.15, 0.2) is 0 Å². The minimum Gasteiger partial charge on any atom is -0.339 e. The summed E-state index contributed by atoms with van der Waals surface area (Å²) in [5, 5.41) is 3.30. The van der Waals surface area contributed by atoms with E-state index in [0.717, 1.165) is 16.0 Å². The van der Waals surface area contributed by atoms with Crippen molar-refractivity contribution < 1.29 is 0 Å². The van der Waals surface area contributed by atoms with Crippen LogP contribution in [0.1, 0.15) is 11.1 Å². The minimum atomic E-state index is 0.852. The van der Waals surface area contributed by atoms with E-state index in [2.05, 4.69) is 45.3 Å². The van der Waals surface area contributed by atoms with Crippen LogP contribution < -0.4 is 5.32 Å². The lowest BCUT2D eigenvalue weighted by Gasteiger charge is -2.09. The summed E-state index contributed by atoms with van der Waals surface area (Å²) in [6.07, 6.45) is 1.80. The molecule has 0 spiro atoms. The number of rotatable bonds is 2. The van der Waals surface area contributed by atoms with Crippen molar-refractivity contribution in [3.63, 3.8) is 0 Å². The molecule has 0 radical (unpaired) electrons. The molecule has 1 heterocycles. The van der Waals surface area contributed by atoms with Gasteiger partial charge in [-0.25, -0.2) is 4.98 Å². The molecule has 0 aliphatic carbocycles. The van der Waals surface area contributed by atoms with E-state index in [0.29, 0.717) is 0 Å². The van der Waals surface area contributed by atoms with Crippen LogP contribution in [0.2, 0.25) is 0 Å². The molecule has 16 heavy (non-hydrogen) atoms. The number of nitrogens with zero attached hydrogens (tertiary/aromatic N) is 1. The summed E-state index contributed by atoms with van der Waals surface area (Å²) >= 11 is 3.53. The lowest BCUT2D eigenvalue weighted by atomic mass is 10.2. The monoisotopic (exact) mass is 276 g/mol. The number of aromatic nitrogens is 1. The Bertz CT molecular complexity index is 509. The topological polar surface area (TPSA) is 24.9 Å². The zero-order chi connectivity index (χ0) is 11.5. The Morgan fingerprint density at radius 2 is 2.00 bits per heavy atom. The quantitative estimate of drug-likeness (QED) is 0.889. The fourth-order valence-electron chi connectivity index (χ4n) is 1.49. The Hall–Kier alpha value is -1.35. The van der Waals surface area contributed by atoms with Crippen LogP contribution in [0.3, 0.4) is 0 Å². The van der Waals surface area contributed by atoms with Gasteiger partial charge in [0.2, 0.25) is 0 Å². The smallest absolute Gasteiger partial charge is 0.144 e. The first-order valence-electron chi connectivity index (χ1n) is 5.11. The highest BCUT2D eigenvalue weighted by atomic mass is 79.9. The van der Waals surface area contributed by atoms with Gasteiger partial charge in [0.05, 0.1) is 4.47 Å². The predicted molar refractivity (Wildman–Crippen MR) is 71.1 cm³/mol. The molecule has 0 amide bonds. The molecule has 0 fully saturated rings. The SMILES string of the molecule is Cc1cccc(Nc2nccc(C)c2Br)c1. The Balaban J connectivity index is 2.31. The lowest BCUT2D eigenvalue weighted by Crippen LogP contribution is -1.95. The molecular weight excluding hydrogens is 264 g/mol. The van der Waals surface area contributed by atoms with Crippen LogP contribution in [-0.4, -0.2) is 4.98 Å². The second-order valence-corrected chi connectivity index (χ2v) is 4.58. The van der Waals surface area contributed by atoms with Gasteiger partial charge >= 0.3 is 0 Å². The Kier molecular flexibility index (Phi) is 3.25. The maximum absolute atomic E-state index is 4.31. The maximum atomic E-state index is 4.31. The third-order valence-corrected chi connectivity index (χ3v) is 3.36. The molecular formula is C13H13BrN2. The molecule has 0 saturated carbocycles. The van der Waals surface area contributed by atoms with Gasteiger partial charge in [0.25, 0.3) is 0 Å². The first kappa shape index (κ1) is 11.1. The fourth-order valence-corrected chi connectivity index (χ4v) is 1.82. The van der Waals surface area contributed by atoms with Gasteiger partial charge < -0.3 is 5.32 Å². The lowest BCUT2D eigenvalue weighted by molar-refractivity contribution is 1.25. The van der Waals surface area contributed by atoms with Crippen LogP contribution in [0.25, 0.3) is 0 Å². The largest absolute Gasteiger partial charge is 0.339 e. The fraction of sp³-hybridized carbons (Fsp3) is 0.154. The highest BCUT2D eigenvalue weighted by molar-refractivity contribution is 9.10. The second-order valence-electron chi connectivity index (χ2n) is 3.78. The molecule has 2 nitrogen and oxygen atoms in total. The average molecular weight is 277 g/mol. The predicted octanol–water partition coefficient (Wildman–Crippen LogP) is 4.20. The molecule has 82 valence electrons. The van der Waals surface area contributed by atoms with E-state index >= 15 is 0 Å². The van der Waals surface area contributed by atoms with Crippen molar-refractivity contribution >= 4 is 27.4 Å². The summed E-state index contributed by atoms with van der Waals surface area (Å²) in [4.78, 5) is 4.31. The molecule has 2 rings (SSSR count). The number of halogens is 1. The van der Waals surface area contributed by atoms with Crippen molar-refractivity contribution in [2.75, 3.05) is 5.32 Å². The van der Waals surface area contributed by atoms with E-state index in [9.17, 15) is 0 Å². The number of nitrogens with one attached hydrogen (secondary N) is 1. The number of anilines is 2. The number of benzene rings is 1. The van der Waals surface area contributed by atoms with Gasteiger partial charge in [-0.1, -0.05) is 12.1 Å². The van der Waals surface area contributed by atoms with E-state index in [1.54, 1.807) is 6.20 Å². The molecule has 2 aromatic rings. The Labute approximate surface area is 104 Å². The van der Waals surface area contributed by atoms with E-state index in [4.69, 9.17) is 0 Å². The number of hydrogen-bond acceptors (Lipinski definition) is 2. The van der Waals surface area contributed by atoms with Crippen molar-refractivity contribution in [3.05, 3.63) is 52.1 Å². The van der Waals surface area contributed by atoms with Gasteiger partial charge in [-0.3, -0.25) is 0 Å². The molecule has 1 aromatic carbocycles. The van der Waals surface area contributed by atoms with Crippen LogP contribution in [0, 0.1) is 13.8 Å². The summed E-state index contributed by atoms with van der Waals surface area (Å²) in [5.74, 6) is 0.852. The molecule has 0 bridgehead atoms. The molecule has 0 saturated heterocycles. The number of hydrogen-bond donors (Lipinski definition) is 1. The summed E-state index contributed by atoms with van der Waals surface area (Å²) in [6.45, 7) is 4.12. The first-order chi connectivity index (χ1) is 7.66. The van der Waals surface area contributed by atoms with Crippen molar-refractivity contribution in [2.24, 2.45) is 0 Å². The highest BCUT2D eigenvalue weighted by Gasteiger charge is 2.03. The van der Waals surface area contributed by atoms with E-state index < -0.39 is 0 Å². The number of pyridine rings is 1. The van der Waals surface area contributed by atoms with Gasteiger partial charge in [-0.05, 0) is 59.1 Å². The van der Waals surface area contributed by atoms with Crippen LogP contribution in [-0.2, 0) is 0 Å². The molecule has 1 aromatic heterocycles. The molecule has 0 aliphatic heterocycles. The van der Waals surface area contributed by atoms with Gasteiger partial charge in [0, 0.05) is 11.9 Å². The third-order valence-electron chi connectivity index (χ3n) is 2.36. The normalized spacial score (nSPS) is 10.2. The summed E-state index contributed by atoms with van der Waals surface area (Å²) in [7, 11) is 0. The third kappa shape index (κ3) is 2.42. The summed E-state index contributed by atoms with van der Waals surface area (Å²) in [6, 6.07) is 10.2. The Morgan fingerprint density at radius 1 is 1.19 bits per heavy atom. The van der Waals surface area contributed by atoms with Gasteiger partial charge in [0.1, 0.15) is 5.82 Å². The molecule has 0 aliphatic rings. The minimum absolute atomic E-state index is 0.852. The molecule has 1 N–H and O–H groups in total. The summed E-state index contributed by atoms with van der Waals surface area (Å²) in [5.41, 5.74) is 3.46. The summed E-state index contributed by atoms with van der Waals surface area (Å²) < 4.78 is 1.01. The average Bonchev–Trinajstić information content (AvgIpc) is 2.25. The van der Waals surface area contributed by atoms with Gasteiger partial charge in [-0.15, -0.1) is 0 Å².